The third kappa shape index (κ3) is 3.72. The van der Waals surface area contributed by atoms with Gasteiger partial charge in [0, 0.05) is 35.9 Å². The van der Waals surface area contributed by atoms with Gasteiger partial charge in [-0.2, -0.15) is 15.1 Å². The van der Waals surface area contributed by atoms with E-state index in [2.05, 4.69) is 15.1 Å². The summed E-state index contributed by atoms with van der Waals surface area (Å²) in [6.07, 6.45) is -0.783. The van der Waals surface area contributed by atoms with Crippen LogP contribution in [0.2, 0.25) is 0 Å². The summed E-state index contributed by atoms with van der Waals surface area (Å²) in [4.78, 5) is 25.5. The molecule has 0 bridgehead atoms. The highest BCUT2D eigenvalue weighted by Crippen LogP contribution is 2.38. The van der Waals surface area contributed by atoms with Gasteiger partial charge >= 0.3 is 6.03 Å². The molecule has 0 saturated heterocycles. The number of anilines is 4. The molecule has 2 aromatic carbocycles. The first-order chi connectivity index (χ1) is 17.4. The number of benzene rings is 2. The number of alkyl halides is 2. The number of urea groups is 1. The normalized spacial score (nSPS) is 13.7. The van der Waals surface area contributed by atoms with E-state index in [-0.39, 0.29) is 30.3 Å². The molecule has 2 amide bonds. The van der Waals surface area contributed by atoms with Crippen LogP contribution < -0.4 is 20.3 Å². The van der Waals surface area contributed by atoms with Gasteiger partial charge in [-0.05, 0) is 42.5 Å². The zero-order valence-corrected chi connectivity index (χ0v) is 18.9. The van der Waals surface area contributed by atoms with Gasteiger partial charge in [-0.1, -0.05) is 0 Å². The van der Waals surface area contributed by atoms with Crippen LogP contribution in [0.5, 0.6) is 5.88 Å². The number of oxazole rings is 1. The SMILES string of the molecule is Cn1cc2cc(N3Cc4ccc(OCC(F)F)nc4N(c4ccc5oc(N)nc5c4)C3=O)ccc2n1. The van der Waals surface area contributed by atoms with Crippen molar-refractivity contribution in [3.8, 4) is 5.88 Å². The Morgan fingerprint density at radius 3 is 2.75 bits per heavy atom. The first kappa shape index (κ1) is 21.8. The van der Waals surface area contributed by atoms with E-state index in [1.54, 1.807) is 33.8 Å². The van der Waals surface area contributed by atoms with Gasteiger partial charge in [0.05, 0.1) is 17.7 Å². The van der Waals surface area contributed by atoms with Gasteiger partial charge in [0.15, 0.2) is 12.2 Å². The average Bonchev–Trinajstić information content (AvgIpc) is 3.41. The predicted octanol–water partition coefficient (Wildman–Crippen LogP) is 4.61. The van der Waals surface area contributed by atoms with Crippen LogP contribution in [0.1, 0.15) is 5.56 Å². The number of carbonyl (C=O) groups excluding carboxylic acids is 1. The lowest BCUT2D eigenvalue weighted by atomic mass is 10.1. The number of halogens is 2. The molecule has 0 atom stereocenters. The highest BCUT2D eigenvalue weighted by Gasteiger charge is 2.34. The van der Waals surface area contributed by atoms with E-state index in [1.807, 2.05) is 31.4 Å². The van der Waals surface area contributed by atoms with Crippen molar-refractivity contribution in [1.29, 1.82) is 0 Å². The summed E-state index contributed by atoms with van der Waals surface area (Å²) in [5, 5.41) is 5.27. The van der Waals surface area contributed by atoms with E-state index < -0.39 is 13.0 Å². The molecule has 1 aliphatic heterocycles. The van der Waals surface area contributed by atoms with Crippen LogP contribution in [0, 0.1) is 0 Å². The van der Waals surface area contributed by atoms with Gasteiger partial charge in [0.2, 0.25) is 5.88 Å². The number of carbonyl (C=O) groups is 1. The quantitative estimate of drug-likeness (QED) is 0.382. The Morgan fingerprint density at radius 1 is 1.08 bits per heavy atom. The molecule has 1 aliphatic rings. The molecule has 10 nitrogen and oxygen atoms in total. The number of aromatic nitrogens is 4. The fraction of sp³-hybridized carbons (Fsp3) is 0.167. The Bertz CT molecular complexity index is 1630. The number of hydrogen-bond donors (Lipinski definition) is 1. The lowest BCUT2D eigenvalue weighted by Gasteiger charge is -2.36. The summed E-state index contributed by atoms with van der Waals surface area (Å²) in [5.41, 5.74) is 9.22. The van der Waals surface area contributed by atoms with Crippen molar-refractivity contribution in [3.63, 3.8) is 0 Å². The first-order valence-electron chi connectivity index (χ1n) is 11.0. The second kappa shape index (κ2) is 8.18. The van der Waals surface area contributed by atoms with E-state index >= 15 is 0 Å². The van der Waals surface area contributed by atoms with Crippen LogP contribution in [-0.2, 0) is 13.6 Å². The summed E-state index contributed by atoms with van der Waals surface area (Å²) >= 11 is 0. The van der Waals surface area contributed by atoms with Gasteiger partial charge in [0.25, 0.3) is 12.4 Å². The van der Waals surface area contributed by atoms with Gasteiger partial charge in [-0.25, -0.2) is 18.5 Å². The minimum Gasteiger partial charge on any atom is -0.472 e. The van der Waals surface area contributed by atoms with Crippen LogP contribution in [-0.4, -0.2) is 38.8 Å². The predicted molar refractivity (Wildman–Crippen MR) is 129 cm³/mol. The molecule has 3 aromatic heterocycles. The van der Waals surface area contributed by atoms with Crippen LogP contribution in [0.4, 0.5) is 36.8 Å². The molecule has 0 spiro atoms. The Morgan fingerprint density at radius 2 is 1.92 bits per heavy atom. The number of ether oxygens (including phenoxy) is 1. The van der Waals surface area contributed by atoms with Gasteiger partial charge in [-0.3, -0.25) is 9.58 Å². The van der Waals surface area contributed by atoms with Crippen molar-refractivity contribution in [3.05, 3.63) is 60.3 Å². The Kier molecular flexibility index (Phi) is 4.95. The monoisotopic (exact) mass is 491 g/mol. The summed E-state index contributed by atoms with van der Waals surface area (Å²) in [6.45, 7) is -0.584. The summed E-state index contributed by atoms with van der Waals surface area (Å²) in [6, 6.07) is 13.4. The maximum Gasteiger partial charge on any atom is 0.335 e. The number of fused-ring (bicyclic) bond motifs is 3. The molecule has 0 fully saturated rings. The number of nitrogen functional groups attached to an aromatic ring is 1. The fourth-order valence-corrected chi connectivity index (χ4v) is 4.27. The number of pyridine rings is 1. The van der Waals surface area contributed by atoms with Crippen molar-refractivity contribution in [1.82, 2.24) is 19.7 Å². The highest BCUT2D eigenvalue weighted by molar-refractivity contribution is 6.11. The standard InChI is InChI=1S/C24H19F2N7O3/c1-31-10-14-8-15(3-5-17(14)30-31)32-11-13-2-7-21(35-12-20(25)26)29-22(13)33(24(32)34)16-4-6-19-18(9-16)28-23(27)36-19/h2-10,20H,11-12H2,1H3,(H2,27,28). The van der Waals surface area contributed by atoms with Crippen molar-refractivity contribution >= 4 is 51.2 Å². The van der Waals surface area contributed by atoms with Crippen molar-refractivity contribution in [2.45, 2.75) is 13.0 Å². The van der Waals surface area contributed by atoms with E-state index in [4.69, 9.17) is 14.9 Å². The average molecular weight is 491 g/mol. The number of amides is 2. The van der Waals surface area contributed by atoms with Crippen LogP contribution in [0.25, 0.3) is 22.0 Å². The third-order valence-electron chi connectivity index (χ3n) is 5.81. The molecule has 0 saturated carbocycles. The summed E-state index contributed by atoms with van der Waals surface area (Å²) < 4.78 is 37.6. The van der Waals surface area contributed by atoms with Gasteiger partial charge < -0.3 is 14.9 Å². The number of hydrogen-bond acceptors (Lipinski definition) is 7. The Balaban J connectivity index is 1.47. The molecule has 5 aromatic rings. The summed E-state index contributed by atoms with van der Waals surface area (Å²) in [5.74, 6) is 0.269. The Labute approximate surface area is 202 Å². The number of aryl methyl sites for hydroxylation is 1. The second-order valence-corrected chi connectivity index (χ2v) is 8.29. The van der Waals surface area contributed by atoms with E-state index in [9.17, 15) is 13.6 Å². The molecule has 0 aliphatic carbocycles. The lowest BCUT2D eigenvalue weighted by molar-refractivity contribution is 0.0796. The van der Waals surface area contributed by atoms with E-state index in [0.29, 0.717) is 28.0 Å². The molecular weight excluding hydrogens is 472 g/mol. The van der Waals surface area contributed by atoms with Crippen molar-refractivity contribution in [2.24, 2.45) is 7.05 Å². The van der Waals surface area contributed by atoms with Gasteiger partial charge in [0.1, 0.15) is 11.3 Å². The molecule has 12 heteroatoms. The minimum absolute atomic E-state index is 0.000249. The topological polar surface area (TPSA) is 116 Å². The van der Waals surface area contributed by atoms with Crippen molar-refractivity contribution < 1.29 is 22.7 Å². The number of nitrogens with two attached hydrogens (primary N) is 1. The maximum atomic E-state index is 13.9. The van der Waals surface area contributed by atoms with Crippen LogP contribution in [0.15, 0.2) is 59.1 Å². The fourth-order valence-electron chi connectivity index (χ4n) is 4.27. The third-order valence-corrected chi connectivity index (χ3v) is 5.81. The number of nitrogens with zero attached hydrogens (tertiary/aromatic N) is 6. The molecule has 2 N–H and O–H groups in total. The zero-order valence-electron chi connectivity index (χ0n) is 18.9. The number of rotatable bonds is 5. The molecule has 36 heavy (non-hydrogen) atoms. The van der Waals surface area contributed by atoms with E-state index in [1.165, 1.54) is 11.0 Å². The lowest BCUT2D eigenvalue weighted by Crippen LogP contribution is -2.45. The largest absolute Gasteiger partial charge is 0.472 e. The molecule has 4 heterocycles. The first-order valence-corrected chi connectivity index (χ1v) is 11.0. The smallest absolute Gasteiger partial charge is 0.335 e. The highest BCUT2D eigenvalue weighted by atomic mass is 19.3. The molecule has 0 radical (unpaired) electrons. The molecular formula is C24H19F2N7O3. The summed E-state index contributed by atoms with van der Waals surface area (Å²) in [7, 11) is 1.83. The van der Waals surface area contributed by atoms with Crippen LogP contribution in [0.3, 0.4) is 0 Å². The zero-order chi connectivity index (χ0) is 25.0. The molecule has 6 rings (SSSR count). The molecule has 182 valence electrons. The maximum absolute atomic E-state index is 13.9. The van der Waals surface area contributed by atoms with Crippen molar-refractivity contribution in [2.75, 3.05) is 22.1 Å². The van der Waals surface area contributed by atoms with Gasteiger partial charge in [-0.15, -0.1) is 0 Å². The van der Waals surface area contributed by atoms with E-state index in [0.717, 1.165) is 10.9 Å². The second-order valence-electron chi connectivity index (χ2n) is 8.29. The Hall–Kier alpha value is -4.74. The minimum atomic E-state index is -2.65. The van der Waals surface area contributed by atoms with Crippen LogP contribution >= 0.6 is 0 Å². The molecule has 0 unspecified atom stereocenters.